The van der Waals surface area contributed by atoms with Crippen LogP contribution in [0.3, 0.4) is 0 Å². The second-order valence-corrected chi connectivity index (χ2v) is 8.95. The Balaban J connectivity index is 1.63. The highest BCUT2D eigenvalue weighted by atomic mass is 32.1. The predicted molar refractivity (Wildman–Crippen MR) is 126 cm³/mol. The van der Waals surface area contributed by atoms with E-state index in [1.54, 1.807) is 7.11 Å². The molecule has 2 amide bonds. The molecule has 10 heteroatoms. The molecule has 0 fully saturated rings. The Bertz CT molecular complexity index is 1110. The van der Waals surface area contributed by atoms with E-state index in [4.69, 9.17) is 14.2 Å². The zero-order valence-corrected chi connectivity index (χ0v) is 20.2. The van der Waals surface area contributed by atoms with Gasteiger partial charge in [-0.05, 0) is 29.5 Å². The number of nitrogens with zero attached hydrogens (tertiary/aromatic N) is 2. The Hall–Kier alpha value is -3.58. The van der Waals surface area contributed by atoms with Gasteiger partial charge in [0.05, 0.1) is 19.2 Å². The van der Waals surface area contributed by atoms with Crippen LogP contribution in [0.1, 0.15) is 47.8 Å². The lowest BCUT2D eigenvalue weighted by atomic mass is 9.96. The number of amides is 2. The molecule has 0 saturated heterocycles. The van der Waals surface area contributed by atoms with Gasteiger partial charge in [-0.15, -0.1) is 11.3 Å². The Labute approximate surface area is 202 Å². The molecule has 2 heterocycles. The van der Waals surface area contributed by atoms with E-state index in [9.17, 15) is 19.6 Å². The van der Waals surface area contributed by atoms with Gasteiger partial charge >= 0.3 is 12.1 Å². The van der Waals surface area contributed by atoms with Crippen molar-refractivity contribution in [2.45, 2.75) is 39.2 Å². The normalized spacial score (nSPS) is 13.3. The van der Waals surface area contributed by atoms with Gasteiger partial charge in [-0.1, -0.05) is 25.1 Å². The van der Waals surface area contributed by atoms with Gasteiger partial charge < -0.3 is 24.4 Å². The van der Waals surface area contributed by atoms with Crippen molar-refractivity contribution in [1.29, 1.82) is 5.26 Å². The van der Waals surface area contributed by atoms with E-state index in [-0.39, 0.29) is 38.0 Å². The lowest BCUT2D eigenvalue weighted by Crippen LogP contribution is -2.36. The van der Waals surface area contributed by atoms with Gasteiger partial charge in [-0.2, -0.15) is 5.26 Å². The third kappa shape index (κ3) is 6.05. The standard InChI is InChI=1S/C24H27N3O6S/c1-15(17-6-4-5-7-20(17)31-3)12-22(29)26-23-19(13-25)18-8-9-27(14-21(18)34-23)24(30)33-11-10-32-16(2)28/h4-7,15H,8-12,14H2,1-3H3,(H,26,29). The minimum atomic E-state index is -0.513. The number of carbonyl (C=O) groups excluding carboxylic acids is 3. The molecule has 1 aromatic carbocycles. The number of rotatable bonds is 8. The maximum atomic E-state index is 12.8. The van der Waals surface area contributed by atoms with Gasteiger partial charge in [-0.3, -0.25) is 9.59 Å². The summed E-state index contributed by atoms with van der Waals surface area (Å²) in [5, 5.41) is 13.1. The molecule has 0 radical (unpaired) electrons. The van der Waals surface area contributed by atoms with Crippen LogP contribution in [0.5, 0.6) is 5.75 Å². The molecule has 9 nitrogen and oxygen atoms in total. The zero-order chi connectivity index (χ0) is 24.7. The van der Waals surface area contributed by atoms with Crippen LogP contribution in [0.25, 0.3) is 0 Å². The van der Waals surface area contributed by atoms with Crippen LogP contribution in [0, 0.1) is 11.3 Å². The smallest absolute Gasteiger partial charge is 0.410 e. The molecular weight excluding hydrogens is 458 g/mol. The van der Waals surface area contributed by atoms with Gasteiger partial charge in [0.1, 0.15) is 30.0 Å². The van der Waals surface area contributed by atoms with Crippen LogP contribution >= 0.6 is 11.3 Å². The minimum Gasteiger partial charge on any atom is -0.496 e. The molecule has 1 N–H and O–H groups in total. The number of nitrogens with one attached hydrogen (secondary N) is 1. The summed E-state index contributed by atoms with van der Waals surface area (Å²) in [6.45, 7) is 3.89. The molecule has 2 aromatic rings. The zero-order valence-electron chi connectivity index (χ0n) is 19.4. The second-order valence-electron chi connectivity index (χ2n) is 7.84. The monoisotopic (exact) mass is 485 g/mol. The Kier molecular flexibility index (Phi) is 8.49. The van der Waals surface area contributed by atoms with Crippen molar-refractivity contribution < 1.29 is 28.6 Å². The second kappa shape index (κ2) is 11.5. The Morgan fingerprint density at radius 1 is 1.24 bits per heavy atom. The number of carbonyl (C=O) groups is 3. The molecule has 1 unspecified atom stereocenters. The number of para-hydroxylation sites is 1. The van der Waals surface area contributed by atoms with Crippen molar-refractivity contribution >= 4 is 34.3 Å². The van der Waals surface area contributed by atoms with Crippen LogP contribution in [0.2, 0.25) is 0 Å². The first kappa shape index (κ1) is 25.1. The fourth-order valence-electron chi connectivity index (χ4n) is 3.81. The van der Waals surface area contributed by atoms with Crippen LogP contribution in [0.4, 0.5) is 9.80 Å². The van der Waals surface area contributed by atoms with Gasteiger partial charge in [0.2, 0.25) is 5.91 Å². The number of hydrogen-bond acceptors (Lipinski definition) is 8. The highest BCUT2D eigenvalue weighted by Crippen LogP contribution is 2.37. The molecule has 3 rings (SSSR count). The van der Waals surface area contributed by atoms with Gasteiger partial charge in [0, 0.05) is 24.8 Å². The van der Waals surface area contributed by atoms with Crippen molar-refractivity contribution in [3.63, 3.8) is 0 Å². The fraction of sp³-hybridized carbons (Fsp3) is 0.417. The molecular formula is C24H27N3O6S. The van der Waals surface area contributed by atoms with Crippen LogP contribution in [-0.2, 0) is 32.0 Å². The van der Waals surface area contributed by atoms with E-state index < -0.39 is 12.1 Å². The number of methoxy groups -OCH3 is 1. The summed E-state index contributed by atoms with van der Waals surface area (Å²) in [5.74, 6) is 0.0175. The number of thiophene rings is 1. The fourth-order valence-corrected chi connectivity index (χ4v) is 5.04. The molecule has 1 aliphatic rings. The topological polar surface area (TPSA) is 118 Å². The summed E-state index contributed by atoms with van der Waals surface area (Å²) >= 11 is 1.30. The van der Waals surface area contributed by atoms with Crippen molar-refractivity contribution in [3.8, 4) is 11.8 Å². The highest BCUT2D eigenvalue weighted by molar-refractivity contribution is 7.16. The number of nitriles is 1. The lowest BCUT2D eigenvalue weighted by Gasteiger charge is -2.26. The maximum Gasteiger partial charge on any atom is 0.410 e. The van der Waals surface area contributed by atoms with E-state index in [1.165, 1.54) is 23.2 Å². The molecule has 1 aliphatic heterocycles. The van der Waals surface area contributed by atoms with Gasteiger partial charge in [0.25, 0.3) is 0 Å². The summed E-state index contributed by atoms with van der Waals surface area (Å²) < 4.78 is 15.3. The van der Waals surface area contributed by atoms with Gasteiger partial charge in [-0.25, -0.2) is 4.79 Å². The maximum absolute atomic E-state index is 12.8. The number of benzene rings is 1. The summed E-state index contributed by atoms with van der Waals surface area (Å²) in [4.78, 5) is 38.3. The molecule has 0 spiro atoms. The minimum absolute atomic E-state index is 0.00119. The van der Waals surface area contributed by atoms with Crippen LogP contribution < -0.4 is 10.1 Å². The molecule has 34 heavy (non-hydrogen) atoms. The number of anilines is 1. The van der Waals surface area contributed by atoms with Crippen molar-refractivity contribution in [2.75, 3.05) is 32.2 Å². The summed E-state index contributed by atoms with van der Waals surface area (Å²) in [6.07, 6.45) is 0.205. The number of hydrogen-bond donors (Lipinski definition) is 1. The largest absolute Gasteiger partial charge is 0.496 e. The number of ether oxygens (including phenoxy) is 3. The van der Waals surface area contributed by atoms with E-state index in [0.29, 0.717) is 23.5 Å². The van der Waals surface area contributed by atoms with E-state index in [2.05, 4.69) is 11.4 Å². The molecule has 0 saturated carbocycles. The summed E-state index contributed by atoms with van der Waals surface area (Å²) in [5.41, 5.74) is 2.24. The predicted octanol–water partition coefficient (Wildman–Crippen LogP) is 3.82. The van der Waals surface area contributed by atoms with Gasteiger partial charge in [0.15, 0.2) is 0 Å². The Morgan fingerprint density at radius 3 is 2.68 bits per heavy atom. The van der Waals surface area contributed by atoms with Crippen molar-refractivity contribution in [1.82, 2.24) is 4.90 Å². The first-order valence-electron chi connectivity index (χ1n) is 10.9. The first-order chi connectivity index (χ1) is 16.3. The molecule has 180 valence electrons. The SMILES string of the molecule is COc1ccccc1C(C)CC(=O)Nc1sc2c(c1C#N)CCN(C(=O)OCCOC(C)=O)C2. The molecule has 0 bridgehead atoms. The number of esters is 1. The highest BCUT2D eigenvalue weighted by Gasteiger charge is 2.28. The lowest BCUT2D eigenvalue weighted by molar-refractivity contribution is -0.142. The quantitative estimate of drug-likeness (QED) is 0.446. The summed E-state index contributed by atoms with van der Waals surface area (Å²) in [7, 11) is 1.60. The van der Waals surface area contributed by atoms with Crippen molar-refractivity contribution in [2.24, 2.45) is 0 Å². The first-order valence-corrected chi connectivity index (χ1v) is 11.7. The molecule has 0 aliphatic carbocycles. The van der Waals surface area contributed by atoms with Crippen molar-refractivity contribution in [3.05, 3.63) is 45.8 Å². The third-order valence-corrected chi connectivity index (χ3v) is 6.59. The molecule has 1 aromatic heterocycles. The van der Waals surface area contributed by atoms with E-state index >= 15 is 0 Å². The summed E-state index contributed by atoms with van der Waals surface area (Å²) in [6, 6.07) is 9.77. The Morgan fingerprint density at radius 2 is 1.97 bits per heavy atom. The number of fused-ring (bicyclic) bond motifs is 1. The van der Waals surface area contributed by atoms with Crippen LogP contribution in [-0.4, -0.2) is 49.7 Å². The van der Waals surface area contributed by atoms with E-state index in [0.717, 1.165) is 21.8 Å². The van der Waals surface area contributed by atoms with Crippen LogP contribution in [0.15, 0.2) is 24.3 Å². The third-order valence-electron chi connectivity index (χ3n) is 5.46. The average molecular weight is 486 g/mol. The average Bonchev–Trinajstić information content (AvgIpc) is 3.17. The van der Waals surface area contributed by atoms with E-state index in [1.807, 2.05) is 31.2 Å². The molecule has 1 atom stereocenters.